The first-order valence-corrected chi connectivity index (χ1v) is 4.85. The van der Waals surface area contributed by atoms with Crippen molar-refractivity contribution in [2.45, 2.75) is 25.8 Å². The molecule has 0 unspecified atom stereocenters. The van der Waals surface area contributed by atoms with Crippen molar-refractivity contribution in [3.05, 3.63) is 35.9 Å². The van der Waals surface area contributed by atoms with Gasteiger partial charge in [0.05, 0.1) is 6.04 Å². The summed E-state index contributed by atoms with van der Waals surface area (Å²) in [5.74, 6) is 0. The number of nitrogens with one attached hydrogen (secondary N) is 1. The second kappa shape index (κ2) is 5.27. The highest BCUT2D eigenvalue weighted by molar-refractivity contribution is 5.72. The average molecular weight is 192 g/mol. The first-order chi connectivity index (χ1) is 6.74. The van der Waals surface area contributed by atoms with Crippen molar-refractivity contribution in [3.8, 4) is 0 Å². The van der Waals surface area contributed by atoms with Crippen LogP contribution in [0.3, 0.4) is 0 Å². The van der Waals surface area contributed by atoms with E-state index in [1.807, 2.05) is 30.3 Å². The smallest absolute Gasteiger partial charge is 0.312 e. The first-order valence-electron chi connectivity index (χ1n) is 4.85. The van der Waals surface area contributed by atoms with Gasteiger partial charge in [-0.05, 0) is 12.0 Å². The van der Waals surface area contributed by atoms with E-state index in [1.165, 1.54) is 0 Å². The second-order valence-electron chi connectivity index (χ2n) is 3.26. The van der Waals surface area contributed by atoms with Crippen LogP contribution in [0.4, 0.5) is 4.79 Å². The molecule has 1 aromatic rings. The van der Waals surface area contributed by atoms with Crippen LogP contribution in [0.2, 0.25) is 0 Å². The number of nitrogens with two attached hydrogens (primary N) is 1. The average Bonchev–Trinajstić information content (AvgIpc) is 2.18. The quantitative estimate of drug-likeness (QED) is 0.754. The molecule has 3 heteroatoms. The van der Waals surface area contributed by atoms with Crippen molar-refractivity contribution in [2.75, 3.05) is 0 Å². The van der Waals surface area contributed by atoms with Crippen LogP contribution in [0.5, 0.6) is 0 Å². The van der Waals surface area contributed by atoms with Crippen molar-refractivity contribution in [1.29, 1.82) is 0 Å². The molecule has 0 spiro atoms. The van der Waals surface area contributed by atoms with Crippen molar-refractivity contribution in [1.82, 2.24) is 5.32 Å². The van der Waals surface area contributed by atoms with Crippen LogP contribution in [0.25, 0.3) is 0 Å². The maximum atomic E-state index is 10.8. The predicted octanol–water partition coefficient (Wildman–Crippen LogP) is 2.20. The Morgan fingerprint density at radius 2 is 2.07 bits per heavy atom. The lowest BCUT2D eigenvalue weighted by Crippen LogP contribution is -2.33. The largest absolute Gasteiger partial charge is 0.352 e. The zero-order valence-corrected chi connectivity index (χ0v) is 8.36. The van der Waals surface area contributed by atoms with Gasteiger partial charge >= 0.3 is 6.03 Å². The highest BCUT2D eigenvalue weighted by atomic mass is 16.2. The fourth-order valence-electron chi connectivity index (χ4n) is 1.47. The Bertz CT molecular complexity index is 285. The number of hydrogen-bond acceptors (Lipinski definition) is 1. The summed E-state index contributed by atoms with van der Waals surface area (Å²) in [6, 6.07) is 9.44. The molecule has 14 heavy (non-hydrogen) atoms. The van der Waals surface area contributed by atoms with E-state index >= 15 is 0 Å². The summed E-state index contributed by atoms with van der Waals surface area (Å²) in [6.45, 7) is 2.08. The minimum Gasteiger partial charge on any atom is -0.352 e. The number of primary amides is 1. The number of rotatable bonds is 4. The van der Waals surface area contributed by atoms with Crippen molar-refractivity contribution in [3.63, 3.8) is 0 Å². The molecule has 0 saturated heterocycles. The van der Waals surface area contributed by atoms with E-state index in [0.29, 0.717) is 0 Å². The van der Waals surface area contributed by atoms with Gasteiger partial charge in [0.15, 0.2) is 0 Å². The molecule has 76 valence electrons. The van der Waals surface area contributed by atoms with E-state index in [0.717, 1.165) is 18.4 Å². The lowest BCUT2D eigenvalue weighted by atomic mass is 10.0. The van der Waals surface area contributed by atoms with Gasteiger partial charge in [-0.1, -0.05) is 43.7 Å². The first kappa shape index (κ1) is 10.6. The SMILES string of the molecule is CCC[C@H](NC(N)=O)c1ccccc1. The molecule has 0 fully saturated rings. The molecule has 3 nitrogen and oxygen atoms in total. The third-order valence-corrected chi connectivity index (χ3v) is 2.10. The third kappa shape index (κ3) is 3.09. The fraction of sp³-hybridized carbons (Fsp3) is 0.364. The van der Waals surface area contributed by atoms with E-state index in [4.69, 9.17) is 5.73 Å². The van der Waals surface area contributed by atoms with E-state index in [1.54, 1.807) is 0 Å². The van der Waals surface area contributed by atoms with Crippen LogP contribution < -0.4 is 11.1 Å². The molecule has 0 aliphatic heterocycles. The van der Waals surface area contributed by atoms with E-state index in [9.17, 15) is 4.79 Å². The van der Waals surface area contributed by atoms with E-state index in [-0.39, 0.29) is 6.04 Å². The van der Waals surface area contributed by atoms with Crippen molar-refractivity contribution in [2.24, 2.45) is 5.73 Å². The topological polar surface area (TPSA) is 55.1 Å². The molecular weight excluding hydrogens is 176 g/mol. The van der Waals surface area contributed by atoms with Gasteiger partial charge < -0.3 is 11.1 Å². The maximum Gasteiger partial charge on any atom is 0.312 e. The molecule has 0 bridgehead atoms. The number of amides is 2. The summed E-state index contributed by atoms with van der Waals surface area (Å²) in [5.41, 5.74) is 6.22. The molecule has 3 N–H and O–H groups in total. The summed E-state index contributed by atoms with van der Waals surface area (Å²) in [5, 5.41) is 2.74. The Hall–Kier alpha value is -1.51. The molecule has 1 atom stereocenters. The van der Waals surface area contributed by atoms with Crippen molar-refractivity contribution < 1.29 is 4.79 Å². The van der Waals surface area contributed by atoms with Gasteiger partial charge in [-0.25, -0.2) is 4.79 Å². The van der Waals surface area contributed by atoms with Gasteiger partial charge in [0.25, 0.3) is 0 Å². The molecule has 0 aliphatic carbocycles. The van der Waals surface area contributed by atoms with Gasteiger partial charge in [-0.2, -0.15) is 0 Å². The standard InChI is InChI=1S/C11H16N2O/c1-2-6-10(13-11(12)14)9-7-4-3-5-8-9/h3-5,7-8,10H,2,6H2,1H3,(H3,12,13,14)/t10-/m0/s1. The summed E-state index contributed by atoms with van der Waals surface area (Å²) in [6.07, 6.45) is 1.92. The Kier molecular flexibility index (Phi) is 3.98. The van der Waals surface area contributed by atoms with Crippen LogP contribution in [0, 0.1) is 0 Å². The highest BCUT2D eigenvalue weighted by Crippen LogP contribution is 2.17. The number of carbonyl (C=O) groups is 1. The van der Waals surface area contributed by atoms with Crippen molar-refractivity contribution >= 4 is 6.03 Å². The van der Waals surface area contributed by atoms with E-state index in [2.05, 4.69) is 12.2 Å². The Balaban J connectivity index is 2.72. The summed E-state index contributed by atoms with van der Waals surface area (Å²) in [7, 11) is 0. The van der Waals surface area contributed by atoms with Gasteiger partial charge in [0.2, 0.25) is 0 Å². The summed E-state index contributed by atoms with van der Waals surface area (Å²) >= 11 is 0. The lowest BCUT2D eigenvalue weighted by Gasteiger charge is -2.16. The van der Waals surface area contributed by atoms with Crippen LogP contribution in [0.1, 0.15) is 31.4 Å². The zero-order chi connectivity index (χ0) is 10.4. The number of hydrogen-bond donors (Lipinski definition) is 2. The Labute approximate surface area is 84.3 Å². The molecule has 2 amide bonds. The maximum absolute atomic E-state index is 10.8. The molecule has 0 heterocycles. The van der Waals surface area contributed by atoms with Crippen LogP contribution in [-0.4, -0.2) is 6.03 Å². The normalized spacial score (nSPS) is 12.1. The minimum absolute atomic E-state index is 0.0405. The minimum atomic E-state index is -0.465. The van der Waals surface area contributed by atoms with Crippen LogP contribution >= 0.6 is 0 Å². The molecule has 0 aliphatic rings. The molecular formula is C11H16N2O. The third-order valence-electron chi connectivity index (χ3n) is 2.10. The number of urea groups is 1. The van der Waals surface area contributed by atoms with Crippen LogP contribution in [-0.2, 0) is 0 Å². The monoisotopic (exact) mass is 192 g/mol. The van der Waals surface area contributed by atoms with Gasteiger partial charge in [0.1, 0.15) is 0 Å². The highest BCUT2D eigenvalue weighted by Gasteiger charge is 2.10. The molecule has 0 saturated carbocycles. The van der Waals surface area contributed by atoms with Gasteiger partial charge in [0, 0.05) is 0 Å². The predicted molar refractivity (Wildman–Crippen MR) is 56.8 cm³/mol. The van der Waals surface area contributed by atoms with E-state index < -0.39 is 6.03 Å². The molecule has 1 rings (SSSR count). The fourth-order valence-corrected chi connectivity index (χ4v) is 1.47. The summed E-state index contributed by atoms with van der Waals surface area (Å²) < 4.78 is 0. The second-order valence-corrected chi connectivity index (χ2v) is 3.26. The number of benzene rings is 1. The van der Waals surface area contributed by atoms with Crippen LogP contribution in [0.15, 0.2) is 30.3 Å². The molecule has 0 aromatic heterocycles. The zero-order valence-electron chi connectivity index (χ0n) is 8.36. The van der Waals surface area contributed by atoms with Gasteiger partial charge in [-0.3, -0.25) is 0 Å². The summed E-state index contributed by atoms with van der Waals surface area (Å²) in [4.78, 5) is 10.8. The van der Waals surface area contributed by atoms with Gasteiger partial charge in [-0.15, -0.1) is 0 Å². The molecule has 1 aromatic carbocycles. The number of carbonyl (C=O) groups excluding carboxylic acids is 1. The Morgan fingerprint density at radius 3 is 2.57 bits per heavy atom. The lowest BCUT2D eigenvalue weighted by molar-refractivity contribution is 0.244. The Morgan fingerprint density at radius 1 is 1.43 bits per heavy atom. The molecule has 0 radical (unpaired) electrons.